The van der Waals surface area contributed by atoms with Crippen molar-refractivity contribution in [2.45, 2.75) is 31.2 Å². The lowest BCUT2D eigenvalue weighted by molar-refractivity contribution is 0.247. The zero-order valence-corrected chi connectivity index (χ0v) is 13.4. The van der Waals surface area contributed by atoms with Crippen LogP contribution in [0.2, 0.25) is 0 Å². The molecule has 4 nitrogen and oxygen atoms in total. The van der Waals surface area contributed by atoms with Gasteiger partial charge in [-0.1, -0.05) is 0 Å². The van der Waals surface area contributed by atoms with Crippen LogP contribution in [0.1, 0.15) is 37.0 Å². The van der Waals surface area contributed by atoms with Gasteiger partial charge < -0.3 is 9.47 Å². The number of hydrogen-bond donors (Lipinski definition) is 0. The largest absolute Gasteiger partial charge is 0.308 e. The Bertz CT molecular complexity index is 624. The Balaban J connectivity index is 1.77. The van der Waals surface area contributed by atoms with Crippen LogP contribution < -0.4 is 0 Å². The maximum Gasteiger partial charge on any atom is 0.160 e. The van der Waals surface area contributed by atoms with E-state index >= 15 is 0 Å². The molecule has 0 saturated carbocycles. The van der Waals surface area contributed by atoms with Gasteiger partial charge in [0.15, 0.2) is 5.65 Å². The van der Waals surface area contributed by atoms with Gasteiger partial charge in [-0.05, 0) is 57.3 Å². The molecule has 1 unspecified atom stereocenters. The molecule has 0 amide bonds. The molecule has 2 saturated heterocycles. The van der Waals surface area contributed by atoms with Gasteiger partial charge in [-0.15, -0.1) is 0 Å². The fraction of sp³-hybridized carbons (Fsp3) is 0.625. The molecule has 2 fully saturated rings. The summed E-state index contributed by atoms with van der Waals surface area (Å²) in [6, 6.07) is 4.70. The summed E-state index contributed by atoms with van der Waals surface area (Å²) in [7, 11) is 2.22. The van der Waals surface area contributed by atoms with Crippen molar-refractivity contribution in [1.82, 2.24) is 19.4 Å². The zero-order valence-electron chi connectivity index (χ0n) is 12.5. The van der Waals surface area contributed by atoms with Crippen molar-refractivity contribution in [3.63, 3.8) is 0 Å². The highest BCUT2D eigenvalue weighted by Crippen LogP contribution is 2.36. The van der Waals surface area contributed by atoms with Crippen molar-refractivity contribution in [3.05, 3.63) is 24.2 Å². The molecule has 0 N–H and O–H groups in total. The van der Waals surface area contributed by atoms with Crippen molar-refractivity contribution < 1.29 is 0 Å². The Morgan fingerprint density at radius 2 is 2.10 bits per heavy atom. The van der Waals surface area contributed by atoms with E-state index in [1.807, 2.05) is 12.3 Å². The summed E-state index contributed by atoms with van der Waals surface area (Å²) >= 11 is 2.06. The van der Waals surface area contributed by atoms with Gasteiger partial charge in [0.05, 0.1) is 0 Å². The van der Waals surface area contributed by atoms with Crippen LogP contribution in [0.5, 0.6) is 0 Å². The molecule has 0 bridgehead atoms. The Hall–Kier alpha value is -1.07. The molecule has 2 aromatic heterocycles. The van der Waals surface area contributed by atoms with E-state index < -0.39 is 0 Å². The van der Waals surface area contributed by atoms with Crippen molar-refractivity contribution in [3.8, 4) is 0 Å². The second-order valence-corrected chi connectivity index (χ2v) is 7.43. The Kier molecular flexibility index (Phi) is 3.63. The van der Waals surface area contributed by atoms with E-state index in [9.17, 15) is 0 Å². The Labute approximate surface area is 129 Å². The number of imidazole rings is 1. The van der Waals surface area contributed by atoms with E-state index in [2.05, 4.69) is 39.3 Å². The predicted molar refractivity (Wildman–Crippen MR) is 88.0 cm³/mol. The quantitative estimate of drug-likeness (QED) is 0.854. The van der Waals surface area contributed by atoms with Gasteiger partial charge in [-0.25, -0.2) is 9.97 Å². The molecule has 5 heteroatoms. The second kappa shape index (κ2) is 5.61. The van der Waals surface area contributed by atoms with Gasteiger partial charge in [0.2, 0.25) is 0 Å². The van der Waals surface area contributed by atoms with Crippen LogP contribution in [0.25, 0.3) is 11.2 Å². The zero-order chi connectivity index (χ0) is 14.2. The first kappa shape index (κ1) is 13.6. The lowest BCUT2D eigenvalue weighted by Crippen LogP contribution is -2.30. The number of piperidine rings is 1. The highest BCUT2D eigenvalue weighted by molar-refractivity contribution is 7.99. The van der Waals surface area contributed by atoms with Gasteiger partial charge in [-0.3, -0.25) is 0 Å². The highest BCUT2D eigenvalue weighted by atomic mass is 32.2. The number of rotatable bonds is 2. The molecule has 2 aliphatic heterocycles. The Morgan fingerprint density at radius 3 is 2.86 bits per heavy atom. The first-order chi connectivity index (χ1) is 10.3. The van der Waals surface area contributed by atoms with Crippen molar-refractivity contribution in [2.24, 2.45) is 0 Å². The summed E-state index contributed by atoms with van der Waals surface area (Å²) in [5.74, 6) is 4.37. The standard InChI is InChI=1S/C16H22N4S/c1-19-8-4-12(5-9-19)15-18-14-3-2-7-17-16(14)20(15)13-6-10-21-11-13/h2-3,7,12-13H,4-6,8-11H2,1H3. The fourth-order valence-corrected chi connectivity index (χ4v) is 4.78. The van der Waals surface area contributed by atoms with E-state index in [0.29, 0.717) is 12.0 Å². The molecule has 2 aromatic rings. The third-order valence-electron chi connectivity index (χ3n) is 4.83. The minimum Gasteiger partial charge on any atom is -0.308 e. The molecule has 112 valence electrons. The lowest BCUT2D eigenvalue weighted by Gasteiger charge is -2.29. The predicted octanol–water partition coefficient (Wildman–Crippen LogP) is 2.92. The molecule has 4 rings (SSSR count). The van der Waals surface area contributed by atoms with E-state index in [4.69, 9.17) is 4.98 Å². The summed E-state index contributed by atoms with van der Waals surface area (Å²) in [6.45, 7) is 2.36. The smallest absolute Gasteiger partial charge is 0.160 e. The number of aromatic nitrogens is 3. The van der Waals surface area contributed by atoms with Crippen LogP contribution in [0, 0.1) is 0 Å². The van der Waals surface area contributed by atoms with Gasteiger partial charge in [-0.2, -0.15) is 11.8 Å². The van der Waals surface area contributed by atoms with Crippen LogP contribution in [0.4, 0.5) is 0 Å². The first-order valence-corrected chi connectivity index (χ1v) is 9.07. The van der Waals surface area contributed by atoms with Crippen molar-refractivity contribution in [2.75, 3.05) is 31.6 Å². The number of nitrogens with zero attached hydrogens (tertiary/aromatic N) is 4. The molecule has 21 heavy (non-hydrogen) atoms. The summed E-state index contributed by atoms with van der Waals surface area (Å²) in [5, 5.41) is 0. The molecule has 2 aliphatic rings. The van der Waals surface area contributed by atoms with E-state index in [-0.39, 0.29) is 0 Å². The minimum atomic E-state index is 0.588. The second-order valence-electron chi connectivity index (χ2n) is 6.28. The monoisotopic (exact) mass is 302 g/mol. The van der Waals surface area contributed by atoms with Crippen LogP contribution in [0.15, 0.2) is 18.3 Å². The maximum absolute atomic E-state index is 4.98. The van der Waals surface area contributed by atoms with Gasteiger partial charge >= 0.3 is 0 Å². The average molecular weight is 302 g/mol. The van der Waals surface area contributed by atoms with E-state index in [1.165, 1.54) is 49.7 Å². The number of thioether (sulfide) groups is 1. The van der Waals surface area contributed by atoms with Gasteiger partial charge in [0.25, 0.3) is 0 Å². The third kappa shape index (κ3) is 2.46. The molecule has 1 atom stereocenters. The lowest BCUT2D eigenvalue weighted by atomic mass is 9.96. The minimum absolute atomic E-state index is 0.588. The molecule has 0 aromatic carbocycles. The van der Waals surface area contributed by atoms with E-state index in [1.54, 1.807) is 0 Å². The molecule has 0 aliphatic carbocycles. The van der Waals surface area contributed by atoms with Crippen LogP contribution in [-0.4, -0.2) is 51.1 Å². The molecular weight excluding hydrogens is 280 g/mol. The van der Waals surface area contributed by atoms with Crippen LogP contribution in [-0.2, 0) is 0 Å². The highest BCUT2D eigenvalue weighted by Gasteiger charge is 2.29. The summed E-state index contributed by atoms with van der Waals surface area (Å²) in [4.78, 5) is 12.0. The first-order valence-electron chi connectivity index (χ1n) is 7.92. The molecular formula is C16H22N4S. The summed E-state index contributed by atoms with van der Waals surface area (Å²) < 4.78 is 2.48. The number of likely N-dealkylation sites (tertiary alicyclic amines) is 1. The maximum atomic E-state index is 4.98. The number of hydrogen-bond acceptors (Lipinski definition) is 4. The van der Waals surface area contributed by atoms with E-state index in [0.717, 1.165) is 11.2 Å². The Morgan fingerprint density at radius 1 is 1.24 bits per heavy atom. The molecule has 0 spiro atoms. The van der Waals surface area contributed by atoms with Crippen LogP contribution in [0.3, 0.4) is 0 Å². The normalized spacial score (nSPS) is 24.9. The summed E-state index contributed by atoms with van der Waals surface area (Å²) in [6.07, 6.45) is 5.60. The van der Waals surface area contributed by atoms with Gasteiger partial charge in [0.1, 0.15) is 11.3 Å². The van der Waals surface area contributed by atoms with Crippen LogP contribution >= 0.6 is 11.8 Å². The third-order valence-corrected chi connectivity index (χ3v) is 5.98. The number of fused-ring (bicyclic) bond motifs is 1. The number of pyridine rings is 1. The summed E-state index contributed by atoms with van der Waals surface area (Å²) in [5.41, 5.74) is 2.17. The van der Waals surface area contributed by atoms with Crippen molar-refractivity contribution >= 4 is 22.9 Å². The molecule has 0 radical (unpaired) electrons. The topological polar surface area (TPSA) is 34.0 Å². The fourth-order valence-electron chi connectivity index (χ4n) is 3.59. The SMILES string of the molecule is CN1CCC(c2nc3cccnc3n2C2CCSC2)CC1. The van der Waals surface area contributed by atoms with Crippen molar-refractivity contribution in [1.29, 1.82) is 0 Å². The molecule has 4 heterocycles. The van der Waals surface area contributed by atoms with Gasteiger partial charge in [0, 0.05) is 23.9 Å². The average Bonchev–Trinajstić information content (AvgIpc) is 3.14.